The van der Waals surface area contributed by atoms with Crippen LogP contribution in [0.25, 0.3) is 0 Å². The maximum Gasteiger partial charge on any atom is 0.302 e. The Labute approximate surface area is 223 Å². The van der Waals surface area contributed by atoms with Gasteiger partial charge in [-0.25, -0.2) is 0 Å². The molecule has 0 amide bonds. The molecule has 5 rings (SSSR count). The van der Waals surface area contributed by atoms with E-state index in [1.807, 2.05) is 0 Å². The van der Waals surface area contributed by atoms with Crippen molar-refractivity contribution in [1.82, 2.24) is 0 Å². The first-order valence-corrected chi connectivity index (χ1v) is 14.7. The fourth-order valence-corrected chi connectivity index (χ4v) is 10.9. The number of aliphatic hydroxyl groups is 3. The van der Waals surface area contributed by atoms with Gasteiger partial charge >= 0.3 is 5.97 Å². The van der Waals surface area contributed by atoms with Gasteiger partial charge < -0.3 is 24.8 Å². The molecule has 0 bridgehead atoms. The Morgan fingerprint density at radius 1 is 1.05 bits per heavy atom. The molecule has 0 unspecified atom stereocenters. The summed E-state index contributed by atoms with van der Waals surface area (Å²) in [6, 6.07) is 0. The topological polar surface area (TPSA) is 99.5 Å². The van der Waals surface area contributed by atoms with E-state index < -0.39 is 12.2 Å². The van der Waals surface area contributed by atoms with Gasteiger partial charge in [0.1, 0.15) is 23.4 Å². The van der Waals surface area contributed by atoms with Gasteiger partial charge in [-0.1, -0.05) is 41.2 Å². The van der Waals surface area contributed by atoms with Gasteiger partial charge in [0.2, 0.25) is 0 Å². The van der Waals surface area contributed by atoms with Crippen molar-refractivity contribution in [3.05, 3.63) is 12.2 Å². The Morgan fingerprint density at radius 2 is 1.73 bits per heavy atom. The quantitative estimate of drug-likeness (QED) is 0.266. The van der Waals surface area contributed by atoms with E-state index in [1.165, 1.54) is 6.92 Å². The van der Waals surface area contributed by atoms with E-state index in [9.17, 15) is 20.1 Å². The summed E-state index contributed by atoms with van der Waals surface area (Å²) in [6.07, 6.45) is 4.72. The normalized spacial score (nSPS) is 49.9. The van der Waals surface area contributed by atoms with Crippen molar-refractivity contribution in [3.8, 4) is 0 Å². The molecule has 0 aromatic rings. The monoisotopic (exact) mass is 518 g/mol. The Bertz CT molecular complexity index is 961. The summed E-state index contributed by atoms with van der Waals surface area (Å²) >= 11 is 0. The maximum absolute atomic E-state index is 12.4. The van der Waals surface area contributed by atoms with Gasteiger partial charge in [-0.15, -0.1) is 0 Å². The third-order valence-electron chi connectivity index (χ3n) is 12.7. The maximum atomic E-state index is 12.4. The van der Waals surface area contributed by atoms with Crippen molar-refractivity contribution >= 4 is 5.97 Å². The Balaban J connectivity index is 1.49. The standard InChI is InChI=1S/C31H50O6/c1-17(2)26(35)21(33)15-18(3)20-9-14-31-29(8)22(10-13-30(20,31)37-31)28(7)12-11-24(34)27(5,6)23(28)16-25(29)36-19(4)32/h18,20-26,33-35H,1,9-16H2,2-8H3/t18-,20-,21+,22+,23-,24+,25+,26+,28+,29-,30+,31+/m0/s1. The molecule has 4 aliphatic carbocycles. The molecule has 0 aromatic carbocycles. The molecule has 4 saturated carbocycles. The summed E-state index contributed by atoms with van der Waals surface area (Å²) in [5.41, 5.74) is -0.484. The predicted octanol–water partition coefficient (Wildman–Crippen LogP) is 4.78. The number of ether oxygens (including phenoxy) is 2. The number of esters is 1. The van der Waals surface area contributed by atoms with E-state index in [4.69, 9.17) is 9.47 Å². The molecular formula is C31H50O6. The summed E-state index contributed by atoms with van der Waals surface area (Å²) in [4.78, 5) is 12.4. The lowest BCUT2D eigenvalue weighted by molar-refractivity contribution is -0.238. The minimum absolute atomic E-state index is 0.0481. The second kappa shape index (κ2) is 8.52. The molecule has 1 saturated heterocycles. The average Bonchev–Trinajstić information content (AvgIpc) is 3.37. The van der Waals surface area contributed by atoms with Crippen LogP contribution in [-0.4, -0.2) is 56.9 Å². The van der Waals surface area contributed by atoms with E-state index >= 15 is 0 Å². The number of hydrogen-bond donors (Lipinski definition) is 3. The highest BCUT2D eigenvalue weighted by atomic mass is 16.6. The zero-order valence-corrected chi connectivity index (χ0v) is 24.0. The summed E-state index contributed by atoms with van der Waals surface area (Å²) in [5.74, 6) is 0.858. The largest absolute Gasteiger partial charge is 0.462 e. The third-order valence-corrected chi connectivity index (χ3v) is 12.7. The molecule has 0 radical (unpaired) electrons. The molecule has 6 heteroatoms. The van der Waals surface area contributed by atoms with Crippen LogP contribution in [0, 0.1) is 39.9 Å². The first-order chi connectivity index (χ1) is 17.1. The van der Waals surface area contributed by atoms with Crippen LogP contribution in [0.3, 0.4) is 0 Å². The Hall–Kier alpha value is -0.950. The van der Waals surface area contributed by atoms with Gasteiger partial charge in [0.05, 0.1) is 12.2 Å². The van der Waals surface area contributed by atoms with Crippen LogP contribution in [0.15, 0.2) is 12.2 Å². The van der Waals surface area contributed by atoms with E-state index in [0.29, 0.717) is 23.8 Å². The van der Waals surface area contributed by atoms with Crippen molar-refractivity contribution in [1.29, 1.82) is 0 Å². The molecule has 210 valence electrons. The smallest absolute Gasteiger partial charge is 0.302 e. The number of carbonyl (C=O) groups is 1. The zero-order valence-electron chi connectivity index (χ0n) is 24.0. The van der Waals surface area contributed by atoms with Gasteiger partial charge in [-0.2, -0.15) is 0 Å². The van der Waals surface area contributed by atoms with Crippen molar-refractivity contribution in [2.24, 2.45) is 39.9 Å². The van der Waals surface area contributed by atoms with Crippen LogP contribution in [0.2, 0.25) is 0 Å². The predicted molar refractivity (Wildman–Crippen MR) is 142 cm³/mol. The molecule has 0 aromatic heterocycles. The lowest BCUT2D eigenvalue weighted by Crippen LogP contribution is -2.68. The Morgan fingerprint density at radius 3 is 2.35 bits per heavy atom. The van der Waals surface area contributed by atoms with E-state index in [2.05, 4.69) is 41.2 Å². The molecule has 3 N–H and O–H groups in total. The fraction of sp³-hybridized carbons (Fsp3) is 0.903. The highest BCUT2D eigenvalue weighted by Gasteiger charge is 2.88. The summed E-state index contributed by atoms with van der Waals surface area (Å²) < 4.78 is 13.2. The number of aliphatic hydroxyl groups excluding tert-OH is 3. The SMILES string of the molecule is C=C(C)[C@@H](O)[C@H](O)C[C@H](C)[C@@H]1CC[C@]23O[C@]12CC[C@@H]1[C@@]2(C)CC[C@@H](O)C(C)(C)[C@@H]2C[C@@H](OC(C)=O)[C@]13C. The van der Waals surface area contributed by atoms with Gasteiger partial charge in [0.15, 0.2) is 0 Å². The fourth-order valence-electron chi connectivity index (χ4n) is 10.9. The number of carbonyl (C=O) groups excluding carboxylic acids is 1. The van der Waals surface area contributed by atoms with Crippen molar-refractivity contribution in [2.75, 3.05) is 0 Å². The molecule has 12 atom stereocenters. The van der Waals surface area contributed by atoms with Crippen molar-refractivity contribution in [2.45, 2.75) is 135 Å². The van der Waals surface area contributed by atoms with E-state index in [0.717, 1.165) is 44.9 Å². The molecule has 5 aliphatic rings. The number of hydrogen-bond acceptors (Lipinski definition) is 6. The van der Waals surface area contributed by atoms with Crippen LogP contribution in [0.5, 0.6) is 0 Å². The first-order valence-electron chi connectivity index (χ1n) is 14.7. The van der Waals surface area contributed by atoms with E-state index in [-0.39, 0.29) is 57.5 Å². The Kier molecular flexibility index (Phi) is 6.36. The molecule has 6 nitrogen and oxygen atoms in total. The first kappa shape index (κ1) is 27.6. The molecule has 1 heterocycles. The highest BCUT2D eigenvalue weighted by Crippen LogP contribution is 2.82. The zero-order chi connectivity index (χ0) is 27.3. The van der Waals surface area contributed by atoms with Gasteiger partial charge in [0.25, 0.3) is 0 Å². The van der Waals surface area contributed by atoms with Gasteiger partial charge in [0, 0.05) is 12.3 Å². The minimum atomic E-state index is -0.909. The van der Waals surface area contributed by atoms with Crippen molar-refractivity contribution < 1.29 is 29.6 Å². The number of epoxide rings is 1. The minimum Gasteiger partial charge on any atom is -0.462 e. The van der Waals surface area contributed by atoms with Crippen LogP contribution in [0.4, 0.5) is 0 Å². The number of rotatable bonds is 6. The lowest BCUT2D eigenvalue weighted by atomic mass is 9.37. The molecule has 5 fully saturated rings. The summed E-state index contributed by atoms with van der Waals surface area (Å²) in [7, 11) is 0. The summed E-state index contributed by atoms with van der Waals surface area (Å²) in [5, 5.41) is 32.0. The van der Waals surface area contributed by atoms with Crippen LogP contribution < -0.4 is 0 Å². The molecule has 37 heavy (non-hydrogen) atoms. The third kappa shape index (κ3) is 3.47. The number of fused-ring (bicyclic) bond motifs is 3. The summed E-state index contributed by atoms with van der Waals surface area (Å²) in [6.45, 7) is 18.5. The average molecular weight is 519 g/mol. The second-order valence-electron chi connectivity index (χ2n) is 14.7. The van der Waals surface area contributed by atoms with Crippen LogP contribution in [-0.2, 0) is 14.3 Å². The lowest BCUT2D eigenvalue weighted by Gasteiger charge is -2.67. The molecule has 0 spiro atoms. The van der Waals surface area contributed by atoms with Gasteiger partial charge in [-0.3, -0.25) is 4.79 Å². The molecular weight excluding hydrogens is 468 g/mol. The van der Waals surface area contributed by atoms with Crippen molar-refractivity contribution in [3.63, 3.8) is 0 Å². The van der Waals surface area contributed by atoms with Crippen LogP contribution in [0.1, 0.15) is 99.8 Å². The molecule has 1 aliphatic heterocycles. The highest BCUT2D eigenvalue weighted by molar-refractivity contribution is 5.66. The van der Waals surface area contributed by atoms with E-state index in [1.54, 1.807) is 6.92 Å². The second-order valence-corrected chi connectivity index (χ2v) is 14.7. The van der Waals surface area contributed by atoms with Gasteiger partial charge in [-0.05, 0) is 98.4 Å². The van der Waals surface area contributed by atoms with Crippen LogP contribution >= 0.6 is 0 Å².